The number of carboxylic acid groups (broad SMARTS) is 1. The molecular weight excluding hydrogens is 292 g/mol. The third kappa shape index (κ3) is 4.48. The summed E-state index contributed by atoms with van der Waals surface area (Å²) in [6.07, 6.45) is -0.422. The zero-order valence-corrected chi connectivity index (χ0v) is 12.0. The Morgan fingerprint density at radius 1 is 1.19 bits per heavy atom. The molecule has 0 amide bonds. The fourth-order valence-electron chi connectivity index (χ4n) is 1.99. The minimum absolute atomic E-state index is 0.316. The van der Waals surface area contributed by atoms with Gasteiger partial charge in [0.1, 0.15) is 5.75 Å². The summed E-state index contributed by atoms with van der Waals surface area (Å²) in [4.78, 5) is 10.6. The van der Waals surface area contributed by atoms with Crippen molar-refractivity contribution >= 4 is 17.6 Å². The largest absolute Gasteiger partial charge is 0.482 e. The maximum Gasteiger partial charge on any atom is 0.341 e. The van der Waals surface area contributed by atoms with Gasteiger partial charge in [0.2, 0.25) is 0 Å². The van der Waals surface area contributed by atoms with Crippen LogP contribution in [0.2, 0.25) is 5.02 Å². The highest BCUT2D eigenvalue weighted by Gasteiger charge is 2.13. The number of benzene rings is 2. The van der Waals surface area contributed by atoms with Gasteiger partial charge in [0.15, 0.2) is 6.61 Å². The van der Waals surface area contributed by atoms with Gasteiger partial charge in [-0.2, -0.15) is 0 Å². The molecule has 4 nitrogen and oxygen atoms in total. The molecule has 2 aromatic carbocycles. The van der Waals surface area contributed by atoms with E-state index in [9.17, 15) is 9.90 Å². The summed E-state index contributed by atoms with van der Waals surface area (Å²) in [5.41, 5.74) is 1.45. The molecule has 0 saturated carbocycles. The summed E-state index contributed by atoms with van der Waals surface area (Å²) < 4.78 is 5.22. The second-order valence-electron chi connectivity index (χ2n) is 4.57. The van der Waals surface area contributed by atoms with Gasteiger partial charge in [-0.15, -0.1) is 0 Å². The molecule has 1 unspecified atom stereocenters. The van der Waals surface area contributed by atoms with Crippen LogP contribution < -0.4 is 4.74 Å². The van der Waals surface area contributed by atoms with Gasteiger partial charge in [-0.1, -0.05) is 41.9 Å². The topological polar surface area (TPSA) is 66.8 Å². The summed E-state index contributed by atoms with van der Waals surface area (Å²) in [7, 11) is 0. The fourth-order valence-corrected chi connectivity index (χ4v) is 2.19. The van der Waals surface area contributed by atoms with Gasteiger partial charge in [-0.25, -0.2) is 4.79 Å². The number of aliphatic hydroxyl groups excluding tert-OH is 1. The van der Waals surface area contributed by atoms with E-state index in [2.05, 4.69) is 0 Å². The van der Waals surface area contributed by atoms with E-state index in [0.29, 0.717) is 22.8 Å². The molecule has 0 aliphatic carbocycles. The number of para-hydroxylation sites is 1. The fraction of sp³-hybridized carbons (Fsp3) is 0.188. The van der Waals surface area contributed by atoms with Gasteiger partial charge in [0.25, 0.3) is 0 Å². The van der Waals surface area contributed by atoms with Crippen LogP contribution in [0.4, 0.5) is 0 Å². The molecule has 0 fully saturated rings. The number of hydrogen-bond acceptors (Lipinski definition) is 3. The van der Waals surface area contributed by atoms with Crippen molar-refractivity contribution in [2.75, 3.05) is 6.61 Å². The molecule has 2 aromatic rings. The maximum absolute atomic E-state index is 10.6. The average molecular weight is 307 g/mol. The number of carbonyl (C=O) groups is 1. The third-order valence-corrected chi connectivity index (χ3v) is 3.21. The summed E-state index contributed by atoms with van der Waals surface area (Å²) in [6.45, 7) is -0.412. The van der Waals surface area contributed by atoms with Crippen LogP contribution in [0, 0.1) is 0 Å². The van der Waals surface area contributed by atoms with E-state index in [0.717, 1.165) is 5.56 Å². The Morgan fingerprint density at radius 2 is 1.95 bits per heavy atom. The monoisotopic (exact) mass is 306 g/mol. The van der Waals surface area contributed by atoms with E-state index in [1.807, 2.05) is 6.07 Å². The lowest BCUT2D eigenvalue weighted by Gasteiger charge is -2.14. The van der Waals surface area contributed by atoms with E-state index in [1.165, 1.54) is 0 Å². The molecule has 110 valence electrons. The van der Waals surface area contributed by atoms with Crippen LogP contribution in [0.15, 0.2) is 48.5 Å². The number of aliphatic carboxylic acids is 1. The van der Waals surface area contributed by atoms with Crippen LogP contribution >= 0.6 is 11.6 Å². The molecule has 2 N–H and O–H groups in total. The molecule has 5 heteroatoms. The van der Waals surface area contributed by atoms with E-state index < -0.39 is 18.7 Å². The molecule has 0 heterocycles. The van der Waals surface area contributed by atoms with Crippen LogP contribution in [0.25, 0.3) is 0 Å². The first-order valence-corrected chi connectivity index (χ1v) is 6.80. The first-order valence-electron chi connectivity index (χ1n) is 6.42. The molecule has 0 bridgehead atoms. The van der Waals surface area contributed by atoms with Gasteiger partial charge < -0.3 is 14.9 Å². The van der Waals surface area contributed by atoms with E-state index in [1.54, 1.807) is 42.5 Å². The first-order chi connectivity index (χ1) is 10.1. The van der Waals surface area contributed by atoms with Crippen molar-refractivity contribution in [1.29, 1.82) is 0 Å². The van der Waals surface area contributed by atoms with Crippen LogP contribution in [-0.2, 0) is 11.2 Å². The molecule has 0 radical (unpaired) electrons. The van der Waals surface area contributed by atoms with Crippen molar-refractivity contribution < 1.29 is 19.7 Å². The van der Waals surface area contributed by atoms with Gasteiger partial charge in [-0.05, 0) is 29.3 Å². The first kappa shape index (κ1) is 15.4. The zero-order chi connectivity index (χ0) is 15.2. The Hall–Kier alpha value is -2.04. The minimum Gasteiger partial charge on any atom is -0.482 e. The summed E-state index contributed by atoms with van der Waals surface area (Å²) in [5, 5.41) is 19.5. The predicted octanol–water partition coefficient (Wildman–Crippen LogP) is 3.08. The molecule has 0 aliphatic rings. The maximum atomic E-state index is 10.6. The Balaban J connectivity index is 2.13. The van der Waals surface area contributed by atoms with Crippen molar-refractivity contribution in [2.24, 2.45) is 0 Å². The highest BCUT2D eigenvalue weighted by atomic mass is 35.5. The second-order valence-corrected chi connectivity index (χ2v) is 5.00. The van der Waals surface area contributed by atoms with E-state index in [4.69, 9.17) is 21.4 Å². The van der Waals surface area contributed by atoms with Gasteiger partial charge in [0, 0.05) is 11.4 Å². The SMILES string of the molecule is O=C(O)COc1ccccc1CC(O)c1cccc(Cl)c1. The van der Waals surface area contributed by atoms with Crippen molar-refractivity contribution in [3.63, 3.8) is 0 Å². The number of carboxylic acids is 1. The molecule has 0 spiro atoms. The minimum atomic E-state index is -1.04. The van der Waals surface area contributed by atoms with Crippen molar-refractivity contribution in [3.8, 4) is 5.75 Å². The van der Waals surface area contributed by atoms with E-state index in [-0.39, 0.29) is 0 Å². The molecule has 1 atom stereocenters. The quantitative estimate of drug-likeness (QED) is 0.860. The number of rotatable bonds is 6. The molecular formula is C16H15ClO4. The molecule has 0 saturated heterocycles. The lowest BCUT2D eigenvalue weighted by molar-refractivity contribution is -0.139. The second kappa shape index (κ2) is 7.11. The molecule has 0 aliphatic heterocycles. The standard InChI is InChI=1S/C16H15ClO4/c17-13-6-3-5-11(8-13)14(18)9-12-4-1-2-7-15(12)21-10-16(19)20/h1-8,14,18H,9-10H2,(H,19,20). The smallest absolute Gasteiger partial charge is 0.341 e. The van der Waals surface area contributed by atoms with Gasteiger partial charge in [0.05, 0.1) is 6.10 Å². The Kier molecular flexibility index (Phi) is 5.20. The summed E-state index contributed by atoms with van der Waals surface area (Å²) >= 11 is 5.91. The summed E-state index contributed by atoms with van der Waals surface area (Å²) in [6, 6.07) is 14.0. The van der Waals surface area contributed by atoms with Crippen LogP contribution in [0.1, 0.15) is 17.2 Å². The van der Waals surface area contributed by atoms with Crippen LogP contribution in [0.5, 0.6) is 5.75 Å². The van der Waals surface area contributed by atoms with Gasteiger partial charge >= 0.3 is 5.97 Å². The Labute approximate surface area is 127 Å². The third-order valence-electron chi connectivity index (χ3n) is 2.97. The lowest BCUT2D eigenvalue weighted by atomic mass is 10.0. The highest BCUT2D eigenvalue weighted by molar-refractivity contribution is 6.30. The number of ether oxygens (including phenoxy) is 1. The molecule has 21 heavy (non-hydrogen) atoms. The Bertz CT molecular complexity index is 627. The average Bonchev–Trinajstić information content (AvgIpc) is 2.46. The van der Waals surface area contributed by atoms with Crippen molar-refractivity contribution in [3.05, 3.63) is 64.7 Å². The summed E-state index contributed by atoms with van der Waals surface area (Å²) in [5.74, 6) is -0.582. The number of hydrogen-bond donors (Lipinski definition) is 2. The molecule has 2 rings (SSSR count). The highest BCUT2D eigenvalue weighted by Crippen LogP contribution is 2.26. The van der Waals surface area contributed by atoms with Crippen molar-refractivity contribution in [2.45, 2.75) is 12.5 Å². The Morgan fingerprint density at radius 3 is 2.67 bits per heavy atom. The number of halogens is 1. The lowest BCUT2D eigenvalue weighted by Crippen LogP contribution is -2.11. The van der Waals surface area contributed by atoms with Crippen LogP contribution in [-0.4, -0.2) is 22.8 Å². The van der Waals surface area contributed by atoms with Gasteiger partial charge in [-0.3, -0.25) is 0 Å². The van der Waals surface area contributed by atoms with Crippen molar-refractivity contribution in [1.82, 2.24) is 0 Å². The number of aliphatic hydroxyl groups is 1. The van der Waals surface area contributed by atoms with E-state index >= 15 is 0 Å². The van der Waals surface area contributed by atoms with Crippen LogP contribution in [0.3, 0.4) is 0 Å². The normalized spacial score (nSPS) is 11.9. The molecule has 0 aromatic heterocycles. The zero-order valence-electron chi connectivity index (χ0n) is 11.2. The predicted molar refractivity (Wildman–Crippen MR) is 79.7 cm³/mol.